The fraction of sp³-hybridized carbons (Fsp3) is 0.278. The van der Waals surface area contributed by atoms with Crippen LogP contribution >= 0.6 is 0 Å². The zero-order valence-electron chi connectivity index (χ0n) is 12.7. The van der Waals surface area contributed by atoms with Crippen LogP contribution in [0.5, 0.6) is 11.5 Å². The number of aryl methyl sites for hydroxylation is 1. The van der Waals surface area contributed by atoms with Crippen molar-refractivity contribution in [3.8, 4) is 11.5 Å². The summed E-state index contributed by atoms with van der Waals surface area (Å²) in [4.78, 5) is 0. The fourth-order valence-corrected chi connectivity index (χ4v) is 2.08. The third-order valence-corrected chi connectivity index (χ3v) is 3.17. The maximum Gasteiger partial charge on any atom is 0.122 e. The Bertz CT molecular complexity index is 576. The van der Waals surface area contributed by atoms with Crippen LogP contribution in [0.4, 0.5) is 0 Å². The molecule has 0 aliphatic carbocycles. The van der Waals surface area contributed by atoms with Gasteiger partial charge in [-0.3, -0.25) is 0 Å². The van der Waals surface area contributed by atoms with E-state index >= 15 is 0 Å². The molecule has 0 heterocycles. The van der Waals surface area contributed by atoms with Gasteiger partial charge >= 0.3 is 0 Å². The van der Waals surface area contributed by atoms with Gasteiger partial charge in [0.15, 0.2) is 0 Å². The molecular weight excluding hydrogens is 278 g/mol. The van der Waals surface area contributed by atoms with E-state index < -0.39 is 0 Å². The van der Waals surface area contributed by atoms with Gasteiger partial charge in [-0.05, 0) is 53.9 Å². The van der Waals surface area contributed by atoms with Crippen molar-refractivity contribution in [1.82, 2.24) is 0 Å². The molecule has 2 aromatic carbocycles. The Balaban J connectivity index is 1.72. The first kappa shape index (κ1) is 15.9. The third kappa shape index (κ3) is 5.13. The Morgan fingerprint density at radius 1 is 0.909 bits per heavy atom. The minimum absolute atomic E-state index is 0.476. The van der Waals surface area contributed by atoms with Crippen LogP contribution in [-0.4, -0.2) is 24.6 Å². The topological polar surface area (TPSA) is 51.0 Å². The lowest BCUT2D eigenvalue weighted by Crippen LogP contribution is -2.09. The SMILES string of the molecule is CCCc1ccc(OCCOc2ccc(/C=N/O)cc2)cc1. The summed E-state index contributed by atoms with van der Waals surface area (Å²) in [5.74, 6) is 1.62. The fourth-order valence-electron chi connectivity index (χ4n) is 2.08. The second-order valence-electron chi connectivity index (χ2n) is 4.90. The summed E-state index contributed by atoms with van der Waals surface area (Å²) in [6.45, 7) is 3.14. The zero-order chi connectivity index (χ0) is 15.6. The molecule has 2 aromatic rings. The predicted octanol–water partition coefficient (Wildman–Crippen LogP) is 3.91. The summed E-state index contributed by atoms with van der Waals surface area (Å²) < 4.78 is 11.2. The van der Waals surface area contributed by atoms with Crippen molar-refractivity contribution in [2.45, 2.75) is 19.8 Å². The summed E-state index contributed by atoms with van der Waals surface area (Å²) in [6.07, 6.45) is 3.62. The van der Waals surface area contributed by atoms with Crippen LogP contribution in [0.1, 0.15) is 24.5 Å². The van der Waals surface area contributed by atoms with Crippen LogP contribution in [0, 0.1) is 0 Å². The van der Waals surface area contributed by atoms with Crippen molar-refractivity contribution in [3.63, 3.8) is 0 Å². The quantitative estimate of drug-likeness (QED) is 0.348. The summed E-state index contributed by atoms with van der Waals surface area (Å²) in [5.41, 5.74) is 2.15. The molecule has 22 heavy (non-hydrogen) atoms. The van der Waals surface area contributed by atoms with E-state index in [1.54, 1.807) is 0 Å². The summed E-state index contributed by atoms with van der Waals surface area (Å²) in [6, 6.07) is 15.5. The molecule has 0 aromatic heterocycles. The highest BCUT2D eigenvalue weighted by atomic mass is 16.5. The van der Waals surface area contributed by atoms with Gasteiger partial charge in [0, 0.05) is 0 Å². The molecule has 0 amide bonds. The molecular formula is C18H21NO3. The molecule has 1 N–H and O–H groups in total. The molecule has 0 radical (unpaired) electrons. The molecule has 2 rings (SSSR count). The second kappa shape index (κ2) is 8.72. The van der Waals surface area contributed by atoms with E-state index in [-0.39, 0.29) is 0 Å². The Morgan fingerprint density at radius 2 is 1.45 bits per heavy atom. The van der Waals surface area contributed by atoms with Crippen molar-refractivity contribution in [1.29, 1.82) is 0 Å². The van der Waals surface area contributed by atoms with Crippen molar-refractivity contribution in [2.75, 3.05) is 13.2 Å². The van der Waals surface area contributed by atoms with Crippen LogP contribution in [0.2, 0.25) is 0 Å². The third-order valence-electron chi connectivity index (χ3n) is 3.17. The average molecular weight is 299 g/mol. The number of nitrogens with zero attached hydrogens (tertiary/aromatic N) is 1. The lowest BCUT2D eigenvalue weighted by atomic mass is 10.1. The van der Waals surface area contributed by atoms with Crippen molar-refractivity contribution in [3.05, 3.63) is 59.7 Å². The minimum Gasteiger partial charge on any atom is -0.490 e. The maximum atomic E-state index is 8.44. The van der Waals surface area contributed by atoms with E-state index in [9.17, 15) is 0 Å². The largest absolute Gasteiger partial charge is 0.490 e. The standard InChI is InChI=1S/C18H21NO3/c1-2-3-15-4-8-17(9-5-15)21-12-13-22-18-10-6-16(7-11-18)14-19-20/h4-11,14,20H,2-3,12-13H2,1H3/b19-14+. The van der Waals surface area contributed by atoms with Gasteiger partial charge in [0.05, 0.1) is 6.21 Å². The molecule has 116 valence electrons. The van der Waals surface area contributed by atoms with Gasteiger partial charge in [-0.15, -0.1) is 0 Å². The van der Waals surface area contributed by atoms with Crippen LogP contribution in [0.15, 0.2) is 53.7 Å². The first-order valence-corrected chi connectivity index (χ1v) is 7.44. The second-order valence-corrected chi connectivity index (χ2v) is 4.90. The van der Waals surface area contributed by atoms with Gasteiger partial charge in [-0.2, -0.15) is 0 Å². The number of rotatable bonds is 8. The lowest BCUT2D eigenvalue weighted by Gasteiger charge is -2.09. The van der Waals surface area contributed by atoms with Crippen LogP contribution in [-0.2, 0) is 6.42 Å². The van der Waals surface area contributed by atoms with Gasteiger partial charge in [0.1, 0.15) is 24.7 Å². The number of hydrogen-bond donors (Lipinski definition) is 1. The summed E-state index contributed by atoms with van der Waals surface area (Å²) >= 11 is 0. The Labute approximate surface area is 131 Å². The molecule has 0 saturated carbocycles. The Hall–Kier alpha value is -2.49. The minimum atomic E-state index is 0.476. The van der Waals surface area contributed by atoms with Gasteiger partial charge in [-0.25, -0.2) is 0 Å². The predicted molar refractivity (Wildman–Crippen MR) is 87.2 cm³/mol. The van der Waals surface area contributed by atoms with E-state index in [1.165, 1.54) is 11.8 Å². The molecule has 0 saturated heterocycles. The first-order valence-electron chi connectivity index (χ1n) is 7.44. The Morgan fingerprint density at radius 3 is 1.95 bits per heavy atom. The molecule has 0 atom stereocenters. The van der Waals surface area contributed by atoms with Crippen LogP contribution in [0.25, 0.3) is 0 Å². The maximum absolute atomic E-state index is 8.44. The highest BCUT2D eigenvalue weighted by Crippen LogP contribution is 2.14. The zero-order valence-corrected chi connectivity index (χ0v) is 12.7. The molecule has 0 fully saturated rings. The van der Waals surface area contributed by atoms with E-state index in [0.717, 1.165) is 29.9 Å². The van der Waals surface area contributed by atoms with Crippen molar-refractivity contribution >= 4 is 6.21 Å². The van der Waals surface area contributed by atoms with Crippen LogP contribution < -0.4 is 9.47 Å². The van der Waals surface area contributed by atoms with Crippen molar-refractivity contribution < 1.29 is 14.7 Å². The average Bonchev–Trinajstić information content (AvgIpc) is 2.55. The van der Waals surface area contributed by atoms with Gasteiger partial charge in [0.25, 0.3) is 0 Å². The molecule has 4 heteroatoms. The van der Waals surface area contributed by atoms with E-state index in [2.05, 4.69) is 24.2 Å². The summed E-state index contributed by atoms with van der Waals surface area (Å²) in [7, 11) is 0. The number of ether oxygens (including phenoxy) is 2. The van der Waals surface area contributed by atoms with E-state index in [1.807, 2.05) is 36.4 Å². The number of hydrogen-bond acceptors (Lipinski definition) is 4. The Kier molecular flexibility index (Phi) is 6.30. The molecule has 0 bridgehead atoms. The first-order chi connectivity index (χ1) is 10.8. The number of benzene rings is 2. The molecule has 4 nitrogen and oxygen atoms in total. The van der Waals surface area contributed by atoms with E-state index in [0.29, 0.717) is 13.2 Å². The van der Waals surface area contributed by atoms with Crippen molar-refractivity contribution in [2.24, 2.45) is 5.16 Å². The lowest BCUT2D eigenvalue weighted by molar-refractivity contribution is 0.217. The van der Waals surface area contributed by atoms with Gasteiger partial charge < -0.3 is 14.7 Å². The highest BCUT2D eigenvalue weighted by molar-refractivity contribution is 5.79. The van der Waals surface area contributed by atoms with Gasteiger partial charge in [-0.1, -0.05) is 30.6 Å². The molecule has 0 aliphatic heterocycles. The van der Waals surface area contributed by atoms with Gasteiger partial charge in [0.2, 0.25) is 0 Å². The van der Waals surface area contributed by atoms with Crippen LogP contribution in [0.3, 0.4) is 0 Å². The van der Waals surface area contributed by atoms with E-state index in [4.69, 9.17) is 14.7 Å². The molecule has 0 aliphatic rings. The smallest absolute Gasteiger partial charge is 0.122 e. The normalized spacial score (nSPS) is 10.8. The highest BCUT2D eigenvalue weighted by Gasteiger charge is 1.97. The number of oxime groups is 1. The monoisotopic (exact) mass is 299 g/mol. The summed E-state index contributed by atoms with van der Waals surface area (Å²) in [5, 5.41) is 11.4. The molecule has 0 spiro atoms. The molecule has 0 unspecified atom stereocenters.